The van der Waals surface area contributed by atoms with Gasteiger partial charge in [-0.05, 0) is 66.5 Å². The van der Waals surface area contributed by atoms with Gasteiger partial charge in [0.1, 0.15) is 17.4 Å². The summed E-state index contributed by atoms with van der Waals surface area (Å²) in [5, 5.41) is 3.82. The fourth-order valence-corrected chi connectivity index (χ4v) is 6.03. The van der Waals surface area contributed by atoms with Gasteiger partial charge in [-0.2, -0.15) is 0 Å². The van der Waals surface area contributed by atoms with Crippen LogP contribution in [0.1, 0.15) is 53.6 Å². The number of thiophene rings is 1. The van der Waals surface area contributed by atoms with Gasteiger partial charge in [-0.3, -0.25) is 4.79 Å². The summed E-state index contributed by atoms with van der Waals surface area (Å²) in [6, 6.07) is 15.4. The second-order valence-corrected chi connectivity index (χ2v) is 11.8. The number of hydrogen-bond donors (Lipinski definition) is 1. The molecule has 35 heavy (non-hydrogen) atoms. The lowest BCUT2D eigenvalue weighted by Crippen LogP contribution is -2.27. The van der Waals surface area contributed by atoms with Gasteiger partial charge in [0.2, 0.25) is 0 Å². The summed E-state index contributed by atoms with van der Waals surface area (Å²) >= 11 is 5.18. The maximum atomic E-state index is 13.5. The van der Waals surface area contributed by atoms with Crippen LogP contribution in [-0.4, -0.2) is 18.7 Å². The van der Waals surface area contributed by atoms with Crippen molar-refractivity contribution in [2.45, 2.75) is 40.0 Å². The number of amides is 1. The topological polar surface area (TPSA) is 50.7 Å². The van der Waals surface area contributed by atoms with Gasteiger partial charge < -0.3 is 10.1 Å². The van der Waals surface area contributed by atoms with Gasteiger partial charge in [0.15, 0.2) is 0 Å². The van der Waals surface area contributed by atoms with Gasteiger partial charge >= 0.3 is 0 Å². The SMILES string of the molecule is C=CCOc1ccc(Br)cc1C=Nc1sc2c(c1C(=O)Nc1ccccc1)CC[C@H](C(C)(C)C)C2. The number of aliphatic imine (C=N–C) groups is 1. The van der Waals surface area contributed by atoms with Crippen LogP contribution in [0.25, 0.3) is 0 Å². The number of para-hydroxylation sites is 1. The highest BCUT2D eigenvalue weighted by atomic mass is 79.9. The molecule has 1 aromatic heterocycles. The molecule has 1 aliphatic carbocycles. The number of benzene rings is 2. The van der Waals surface area contributed by atoms with Crippen molar-refractivity contribution in [2.75, 3.05) is 11.9 Å². The monoisotopic (exact) mass is 550 g/mol. The van der Waals surface area contributed by atoms with Crippen LogP contribution in [0.3, 0.4) is 0 Å². The first-order valence-corrected chi connectivity index (χ1v) is 13.5. The minimum Gasteiger partial charge on any atom is -0.489 e. The summed E-state index contributed by atoms with van der Waals surface area (Å²) in [5.74, 6) is 1.20. The van der Waals surface area contributed by atoms with Crippen LogP contribution in [0.4, 0.5) is 10.7 Å². The predicted octanol–water partition coefficient (Wildman–Crippen LogP) is 8.23. The van der Waals surface area contributed by atoms with E-state index in [9.17, 15) is 4.79 Å². The minimum atomic E-state index is -0.104. The number of fused-ring (bicyclic) bond motifs is 1. The molecule has 0 saturated heterocycles. The molecule has 6 heteroatoms. The number of rotatable bonds is 7. The number of nitrogens with zero attached hydrogens (tertiary/aromatic N) is 1. The maximum Gasteiger partial charge on any atom is 0.259 e. The van der Waals surface area contributed by atoms with Crippen LogP contribution < -0.4 is 10.1 Å². The Balaban J connectivity index is 1.72. The standard InChI is InChI=1S/C29H31BrN2O2S/c1-5-15-34-24-14-12-21(30)16-19(24)18-31-28-26(27(33)32-22-9-7-6-8-10-22)23-13-11-20(29(2,3)4)17-25(23)35-28/h5-10,12,14,16,18,20H,1,11,13,15,17H2,2-4H3,(H,32,33)/t20-/m0/s1. The molecule has 0 unspecified atom stereocenters. The van der Waals surface area contributed by atoms with E-state index in [4.69, 9.17) is 9.73 Å². The van der Waals surface area contributed by atoms with Crippen molar-refractivity contribution in [2.24, 2.45) is 16.3 Å². The van der Waals surface area contributed by atoms with E-state index in [1.165, 1.54) is 4.88 Å². The maximum absolute atomic E-state index is 13.5. The van der Waals surface area contributed by atoms with Crippen LogP contribution in [0.15, 0.2) is 70.7 Å². The van der Waals surface area contributed by atoms with Gasteiger partial charge in [-0.25, -0.2) is 4.99 Å². The summed E-state index contributed by atoms with van der Waals surface area (Å²) in [6.07, 6.45) is 6.46. The Hall–Kier alpha value is -2.70. The Labute approximate surface area is 220 Å². The van der Waals surface area contributed by atoms with Crippen LogP contribution in [-0.2, 0) is 12.8 Å². The van der Waals surface area contributed by atoms with E-state index >= 15 is 0 Å². The van der Waals surface area contributed by atoms with E-state index < -0.39 is 0 Å². The zero-order valence-electron chi connectivity index (χ0n) is 20.4. The highest BCUT2D eigenvalue weighted by Gasteiger charge is 2.33. The van der Waals surface area contributed by atoms with E-state index in [2.05, 4.69) is 48.6 Å². The van der Waals surface area contributed by atoms with Crippen molar-refractivity contribution in [3.63, 3.8) is 0 Å². The molecule has 1 atom stereocenters. The number of carbonyl (C=O) groups excluding carboxylic acids is 1. The summed E-state index contributed by atoms with van der Waals surface area (Å²) in [4.78, 5) is 19.6. The van der Waals surface area contributed by atoms with E-state index in [0.29, 0.717) is 18.1 Å². The molecule has 1 aliphatic rings. The first-order valence-electron chi connectivity index (χ1n) is 11.8. The molecule has 182 valence electrons. The molecule has 1 amide bonds. The van der Waals surface area contributed by atoms with Crippen molar-refractivity contribution < 1.29 is 9.53 Å². The van der Waals surface area contributed by atoms with Crippen molar-refractivity contribution in [3.05, 3.63) is 87.2 Å². The lowest BCUT2D eigenvalue weighted by Gasteiger charge is -2.33. The quantitative estimate of drug-likeness (QED) is 0.238. The lowest BCUT2D eigenvalue weighted by atomic mass is 9.72. The zero-order valence-corrected chi connectivity index (χ0v) is 22.8. The molecule has 2 aromatic carbocycles. The van der Waals surface area contributed by atoms with Crippen molar-refractivity contribution in [1.82, 2.24) is 0 Å². The fourth-order valence-electron chi connectivity index (χ4n) is 4.38. The average molecular weight is 552 g/mol. The van der Waals surface area contributed by atoms with Gasteiger partial charge in [0, 0.05) is 26.8 Å². The van der Waals surface area contributed by atoms with Gasteiger partial charge in [0.05, 0.1) is 5.56 Å². The number of ether oxygens (including phenoxy) is 1. The van der Waals surface area contributed by atoms with Gasteiger partial charge in [0.25, 0.3) is 5.91 Å². The molecule has 4 nitrogen and oxygen atoms in total. The Morgan fingerprint density at radius 2 is 2.03 bits per heavy atom. The molecule has 0 radical (unpaired) electrons. The molecule has 0 saturated carbocycles. The van der Waals surface area contributed by atoms with E-state index in [1.54, 1.807) is 23.6 Å². The molecule has 1 N–H and O–H groups in total. The summed E-state index contributed by atoms with van der Waals surface area (Å²) in [5.41, 5.74) is 3.69. The third-order valence-corrected chi connectivity index (χ3v) is 8.04. The van der Waals surface area contributed by atoms with Gasteiger partial charge in [-0.1, -0.05) is 67.6 Å². The molecule has 0 bridgehead atoms. The highest BCUT2D eigenvalue weighted by molar-refractivity contribution is 9.10. The van der Waals surface area contributed by atoms with Crippen LogP contribution in [0, 0.1) is 11.3 Å². The minimum absolute atomic E-state index is 0.104. The summed E-state index contributed by atoms with van der Waals surface area (Å²) < 4.78 is 6.75. The Kier molecular flexibility index (Phi) is 7.92. The van der Waals surface area contributed by atoms with Crippen LogP contribution in [0.2, 0.25) is 0 Å². The molecule has 3 aromatic rings. The smallest absolute Gasteiger partial charge is 0.259 e. The second-order valence-electron chi connectivity index (χ2n) is 9.85. The number of carbonyl (C=O) groups is 1. The lowest BCUT2D eigenvalue weighted by molar-refractivity contribution is 0.102. The largest absolute Gasteiger partial charge is 0.489 e. The van der Waals surface area contributed by atoms with Crippen molar-refractivity contribution >= 4 is 50.1 Å². The molecular weight excluding hydrogens is 520 g/mol. The van der Waals surface area contributed by atoms with Crippen molar-refractivity contribution in [1.29, 1.82) is 0 Å². The van der Waals surface area contributed by atoms with Gasteiger partial charge in [-0.15, -0.1) is 11.3 Å². The van der Waals surface area contributed by atoms with E-state index in [0.717, 1.165) is 51.3 Å². The summed E-state index contributed by atoms with van der Waals surface area (Å²) in [7, 11) is 0. The highest BCUT2D eigenvalue weighted by Crippen LogP contribution is 2.45. The Morgan fingerprint density at radius 1 is 1.26 bits per heavy atom. The number of hydrogen-bond acceptors (Lipinski definition) is 4. The van der Waals surface area contributed by atoms with E-state index in [-0.39, 0.29) is 11.3 Å². The number of anilines is 1. The van der Waals surface area contributed by atoms with E-state index in [1.807, 2.05) is 48.5 Å². The number of halogens is 1. The Morgan fingerprint density at radius 3 is 2.74 bits per heavy atom. The summed E-state index contributed by atoms with van der Waals surface area (Å²) in [6.45, 7) is 11.0. The van der Waals surface area contributed by atoms with Crippen molar-refractivity contribution in [3.8, 4) is 5.75 Å². The number of nitrogens with one attached hydrogen (secondary N) is 1. The average Bonchev–Trinajstić information content (AvgIpc) is 3.20. The predicted molar refractivity (Wildman–Crippen MR) is 151 cm³/mol. The molecule has 0 aliphatic heterocycles. The first-order chi connectivity index (χ1) is 16.8. The molecule has 4 rings (SSSR count). The Bertz CT molecular complexity index is 1240. The molecule has 0 fully saturated rings. The molecular formula is C29H31BrN2O2S. The first kappa shape index (κ1) is 25.4. The fraction of sp³-hybridized carbons (Fsp3) is 0.310. The normalized spacial score (nSPS) is 15.6. The van der Waals surface area contributed by atoms with Crippen LogP contribution in [0.5, 0.6) is 5.75 Å². The molecule has 1 heterocycles. The van der Waals surface area contributed by atoms with Crippen LogP contribution >= 0.6 is 27.3 Å². The third-order valence-electron chi connectivity index (χ3n) is 6.38. The third kappa shape index (κ3) is 6.11. The molecule has 0 spiro atoms. The zero-order chi connectivity index (χ0) is 25.0. The second kappa shape index (κ2) is 10.9.